The second kappa shape index (κ2) is 9.83. The van der Waals surface area contributed by atoms with E-state index < -0.39 is 22.6 Å². The van der Waals surface area contributed by atoms with Gasteiger partial charge in [0.1, 0.15) is 0 Å². The van der Waals surface area contributed by atoms with Crippen molar-refractivity contribution in [3.63, 3.8) is 0 Å². The van der Waals surface area contributed by atoms with Gasteiger partial charge in [0.2, 0.25) is 10.0 Å². The molecule has 0 spiro atoms. The van der Waals surface area contributed by atoms with Gasteiger partial charge < -0.3 is 10.1 Å². The molecule has 1 aliphatic carbocycles. The fourth-order valence-electron chi connectivity index (χ4n) is 4.39. The molecular formula is C24H28N2O5S. The zero-order valence-corrected chi connectivity index (χ0v) is 18.8. The van der Waals surface area contributed by atoms with Crippen LogP contribution in [0.25, 0.3) is 0 Å². The Bertz CT molecular complexity index is 1090. The number of hydrogen-bond acceptors (Lipinski definition) is 5. The Morgan fingerprint density at radius 1 is 1.00 bits per heavy atom. The molecule has 4 rings (SSSR count). The van der Waals surface area contributed by atoms with Crippen LogP contribution in [0, 0.1) is 0 Å². The van der Waals surface area contributed by atoms with Crippen molar-refractivity contribution in [2.75, 3.05) is 19.7 Å². The fraction of sp³-hybridized carbons (Fsp3) is 0.417. The van der Waals surface area contributed by atoms with Gasteiger partial charge in [-0.1, -0.05) is 36.8 Å². The van der Waals surface area contributed by atoms with Crippen LogP contribution in [0.4, 0.5) is 0 Å². The zero-order valence-electron chi connectivity index (χ0n) is 18.0. The van der Waals surface area contributed by atoms with E-state index in [4.69, 9.17) is 4.74 Å². The number of nitrogens with zero attached hydrogens (tertiary/aromatic N) is 1. The van der Waals surface area contributed by atoms with Crippen molar-refractivity contribution in [3.8, 4) is 0 Å². The van der Waals surface area contributed by atoms with Crippen molar-refractivity contribution in [1.29, 1.82) is 0 Å². The highest BCUT2D eigenvalue weighted by Gasteiger charge is 2.27. The molecule has 2 aromatic carbocycles. The van der Waals surface area contributed by atoms with Crippen LogP contribution in [-0.2, 0) is 26.0 Å². The van der Waals surface area contributed by atoms with Gasteiger partial charge in [0.05, 0.1) is 16.5 Å². The summed E-state index contributed by atoms with van der Waals surface area (Å²) in [5.74, 6) is -1.10. The van der Waals surface area contributed by atoms with E-state index in [0.29, 0.717) is 13.1 Å². The summed E-state index contributed by atoms with van der Waals surface area (Å²) >= 11 is 0. The quantitative estimate of drug-likeness (QED) is 0.674. The number of benzene rings is 2. The summed E-state index contributed by atoms with van der Waals surface area (Å²) in [4.78, 5) is 24.9. The van der Waals surface area contributed by atoms with E-state index in [2.05, 4.69) is 11.4 Å². The third-order valence-electron chi connectivity index (χ3n) is 6.06. The van der Waals surface area contributed by atoms with Crippen LogP contribution in [0.15, 0.2) is 53.4 Å². The van der Waals surface area contributed by atoms with Gasteiger partial charge >= 0.3 is 5.97 Å². The van der Waals surface area contributed by atoms with Gasteiger partial charge in [-0.3, -0.25) is 4.79 Å². The Balaban J connectivity index is 1.36. The van der Waals surface area contributed by atoms with Crippen LogP contribution in [-0.4, -0.2) is 44.3 Å². The van der Waals surface area contributed by atoms with E-state index in [1.807, 2.05) is 18.2 Å². The number of ether oxygens (including phenoxy) is 1. The highest BCUT2D eigenvalue weighted by atomic mass is 32.2. The number of hydrogen-bond donors (Lipinski definition) is 1. The van der Waals surface area contributed by atoms with Crippen molar-refractivity contribution in [2.24, 2.45) is 0 Å². The lowest BCUT2D eigenvalue weighted by Crippen LogP contribution is -2.35. The van der Waals surface area contributed by atoms with Crippen LogP contribution >= 0.6 is 0 Å². The minimum absolute atomic E-state index is 0.0668. The summed E-state index contributed by atoms with van der Waals surface area (Å²) < 4.78 is 32.3. The zero-order chi connectivity index (χ0) is 22.6. The van der Waals surface area contributed by atoms with Gasteiger partial charge in [-0.05, 0) is 61.4 Å². The molecule has 1 fully saturated rings. The molecule has 2 aliphatic rings. The second-order valence-corrected chi connectivity index (χ2v) is 10.2. The molecule has 1 saturated heterocycles. The van der Waals surface area contributed by atoms with Crippen LogP contribution in [0.3, 0.4) is 0 Å². The molecule has 2 aromatic rings. The van der Waals surface area contributed by atoms with Crippen molar-refractivity contribution in [2.45, 2.75) is 49.5 Å². The number of sulfonamides is 1. The largest absolute Gasteiger partial charge is 0.452 e. The Morgan fingerprint density at radius 2 is 1.78 bits per heavy atom. The van der Waals surface area contributed by atoms with Crippen LogP contribution in [0.5, 0.6) is 0 Å². The minimum Gasteiger partial charge on any atom is -0.452 e. The van der Waals surface area contributed by atoms with Crippen molar-refractivity contribution in [1.82, 2.24) is 9.62 Å². The number of carbonyl (C=O) groups excluding carboxylic acids is 2. The molecule has 1 heterocycles. The third-order valence-corrected chi connectivity index (χ3v) is 7.96. The monoisotopic (exact) mass is 456 g/mol. The van der Waals surface area contributed by atoms with Gasteiger partial charge in [-0.15, -0.1) is 0 Å². The summed E-state index contributed by atoms with van der Waals surface area (Å²) in [6, 6.07) is 13.7. The van der Waals surface area contributed by atoms with Crippen LogP contribution in [0.2, 0.25) is 0 Å². The van der Waals surface area contributed by atoms with E-state index in [-0.39, 0.29) is 22.4 Å². The number of nitrogens with one attached hydrogen (secondary N) is 1. The molecule has 170 valence electrons. The number of esters is 1. The number of amides is 1. The van der Waals surface area contributed by atoms with Crippen molar-refractivity contribution < 1.29 is 22.7 Å². The predicted octanol–water partition coefficient (Wildman–Crippen LogP) is 3.21. The van der Waals surface area contributed by atoms with Gasteiger partial charge in [-0.2, -0.15) is 4.31 Å². The summed E-state index contributed by atoms with van der Waals surface area (Å²) in [5, 5.41) is 2.94. The van der Waals surface area contributed by atoms with Crippen molar-refractivity contribution in [3.05, 3.63) is 65.2 Å². The molecule has 7 nitrogen and oxygen atoms in total. The standard InChI is InChI=1S/C24H28N2O5S/c27-23(25-22-13-7-9-18-8-2-3-12-21(18)22)17-31-24(28)19-10-6-11-20(16-19)32(29,30)26-14-4-1-5-15-26/h2-3,6,8,10-12,16,22H,1,4-5,7,9,13-15,17H2,(H,25,27)/t22-/m0/s1. The van der Waals surface area contributed by atoms with E-state index in [9.17, 15) is 18.0 Å². The summed E-state index contributed by atoms with van der Waals surface area (Å²) in [6.07, 6.45) is 5.51. The fourth-order valence-corrected chi connectivity index (χ4v) is 5.96. The topological polar surface area (TPSA) is 92.8 Å². The molecular weight excluding hydrogens is 428 g/mol. The number of rotatable bonds is 6. The van der Waals surface area contributed by atoms with Crippen LogP contribution < -0.4 is 5.32 Å². The lowest BCUT2D eigenvalue weighted by molar-refractivity contribution is -0.125. The predicted molar refractivity (Wildman–Crippen MR) is 120 cm³/mol. The molecule has 32 heavy (non-hydrogen) atoms. The Hall–Kier alpha value is -2.71. The van der Waals surface area contributed by atoms with Gasteiger partial charge in [0.25, 0.3) is 5.91 Å². The molecule has 0 radical (unpaired) electrons. The average molecular weight is 457 g/mol. The van der Waals surface area contributed by atoms with E-state index in [0.717, 1.165) is 44.1 Å². The van der Waals surface area contributed by atoms with Gasteiger partial charge in [0.15, 0.2) is 6.61 Å². The average Bonchev–Trinajstić information content (AvgIpc) is 2.83. The van der Waals surface area contributed by atoms with Crippen molar-refractivity contribution >= 4 is 21.9 Å². The van der Waals surface area contributed by atoms with Gasteiger partial charge in [0, 0.05) is 13.1 Å². The maximum atomic E-state index is 12.9. The Kier molecular flexibility index (Phi) is 6.91. The lowest BCUT2D eigenvalue weighted by atomic mass is 9.88. The first-order valence-electron chi connectivity index (χ1n) is 11.1. The van der Waals surface area contributed by atoms with E-state index >= 15 is 0 Å². The molecule has 0 saturated carbocycles. The third kappa shape index (κ3) is 5.02. The smallest absolute Gasteiger partial charge is 0.338 e. The number of fused-ring (bicyclic) bond motifs is 1. The molecule has 1 amide bonds. The number of aryl methyl sites for hydroxylation is 1. The Morgan fingerprint density at radius 3 is 2.59 bits per heavy atom. The molecule has 8 heteroatoms. The van der Waals surface area contributed by atoms with Gasteiger partial charge in [-0.25, -0.2) is 13.2 Å². The SMILES string of the molecule is O=C(COC(=O)c1cccc(S(=O)(=O)N2CCCCC2)c1)N[C@H]1CCCc2ccccc21. The Labute approximate surface area is 188 Å². The summed E-state index contributed by atoms with van der Waals surface area (Å²) in [5.41, 5.74) is 2.45. The van der Waals surface area contributed by atoms with Crippen LogP contribution in [0.1, 0.15) is 59.6 Å². The van der Waals surface area contributed by atoms with E-state index in [1.54, 1.807) is 0 Å². The molecule has 1 N–H and O–H groups in total. The summed E-state index contributed by atoms with van der Waals surface area (Å²) in [6.45, 7) is 0.559. The normalized spacial score (nSPS) is 19.1. The highest BCUT2D eigenvalue weighted by molar-refractivity contribution is 7.89. The minimum atomic E-state index is -3.65. The highest BCUT2D eigenvalue weighted by Crippen LogP contribution is 2.29. The first-order chi connectivity index (χ1) is 15.4. The lowest BCUT2D eigenvalue weighted by Gasteiger charge is -2.26. The molecule has 1 aliphatic heterocycles. The number of carbonyl (C=O) groups is 2. The molecule has 0 bridgehead atoms. The molecule has 0 unspecified atom stereocenters. The first-order valence-corrected chi connectivity index (χ1v) is 12.5. The molecule has 0 aromatic heterocycles. The summed E-state index contributed by atoms with van der Waals surface area (Å²) in [7, 11) is -3.65. The van der Waals surface area contributed by atoms with E-state index in [1.165, 1.54) is 34.1 Å². The maximum absolute atomic E-state index is 12.9. The second-order valence-electron chi connectivity index (χ2n) is 8.28. The number of piperidine rings is 1. The first kappa shape index (κ1) is 22.5. The molecule has 1 atom stereocenters. The maximum Gasteiger partial charge on any atom is 0.338 e.